The Bertz CT molecular complexity index is 74.9. The van der Waals surface area contributed by atoms with Gasteiger partial charge in [0.05, 0.1) is 0 Å². The van der Waals surface area contributed by atoms with E-state index in [0.717, 1.165) is 0 Å². The summed E-state index contributed by atoms with van der Waals surface area (Å²) in [6, 6.07) is 0. The van der Waals surface area contributed by atoms with Crippen LogP contribution in [0.5, 0.6) is 0 Å². The molecular weight excluding hydrogens is 122 g/mol. The predicted octanol–water partition coefficient (Wildman–Crippen LogP) is -0.704. The molecule has 34 valence electrons. The highest BCUT2D eigenvalue weighted by atomic mass is 32.5. The average molecular weight is 124 g/mol. The van der Waals surface area contributed by atoms with E-state index >= 15 is 0 Å². The first-order valence-electron chi connectivity index (χ1n) is 1.00. The first kappa shape index (κ1) is 6.59. The summed E-state index contributed by atoms with van der Waals surface area (Å²) in [6.07, 6.45) is 0. The van der Waals surface area contributed by atoms with Crippen molar-refractivity contribution >= 4 is 26.6 Å². The Hall–Kier alpha value is 0.595. The lowest BCUT2D eigenvalue weighted by atomic mass is 10.6. The van der Waals surface area contributed by atoms with Crippen LogP contribution in [0.2, 0.25) is 0 Å². The average Bonchev–Trinajstić information content (AvgIpc) is 1.35. The maximum atomic E-state index is 7.96. The fraction of sp³-hybridized carbons (Fsp3) is 0. The van der Waals surface area contributed by atoms with Crippen molar-refractivity contribution in [3.8, 4) is 0 Å². The molecule has 0 aliphatic carbocycles. The molecule has 0 heterocycles. The highest BCUT2D eigenvalue weighted by Gasteiger charge is 1.99. The molecule has 0 aromatic rings. The molecule has 6 heteroatoms. The zero-order valence-corrected chi connectivity index (χ0v) is 4.45. The van der Waals surface area contributed by atoms with Crippen molar-refractivity contribution in [3.05, 3.63) is 0 Å². The molecule has 6 heavy (non-hydrogen) atoms. The van der Waals surface area contributed by atoms with E-state index in [9.17, 15) is 0 Å². The molecule has 0 spiro atoms. The molecule has 0 aromatic carbocycles. The van der Waals surface area contributed by atoms with Crippen molar-refractivity contribution in [3.63, 3.8) is 0 Å². The summed E-state index contributed by atoms with van der Waals surface area (Å²) in [5, 5.41) is 0. The van der Waals surface area contributed by atoms with E-state index in [2.05, 4.69) is 24.3 Å². The van der Waals surface area contributed by atoms with Gasteiger partial charge in [0, 0.05) is 0 Å². The minimum Gasteiger partial charge on any atom is -0.383 e. The summed E-state index contributed by atoms with van der Waals surface area (Å²) in [7, 11) is 4.25. The lowest BCUT2D eigenvalue weighted by Gasteiger charge is -1.99. The molecule has 0 aliphatic rings. The van der Waals surface area contributed by atoms with E-state index in [1.807, 2.05) is 0 Å². The van der Waals surface area contributed by atoms with Crippen molar-refractivity contribution in [2.24, 2.45) is 0 Å². The Kier molecular flexibility index (Phi) is 2.25. The largest absolute Gasteiger partial charge is 0.383 e. The topological polar surface area (TPSA) is 49.7 Å². The van der Waals surface area contributed by atoms with Crippen LogP contribution >= 0.6 is 6.72 Å². The third kappa shape index (κ3) is 4.59. The van der Waals surface area contributed by atoms with Crippen LogP contribution in [-0.4, -0.2) is 17.8 Å². The lowest BCUT2D eigenvalue weighted by Crippen LogP contribution is -1.77. The summed E-state index contributed by atoms with van der Waals surface area (Å²) in [4.78, 5) is 15.9. The van der Waals surface area contributed by atoms with E-state index in [1.165, 1.54) is 0 Å². The molecule has 0 rings (SSSR count). The maximum absolute atomic E-state index is 7.96. The molecule has 2 radical (unpaired) electrons. The van der Waals surface area contributed by atoms with Gasteiger partial charge in [-0.15, -0.1) is 0 Å². The molecule has 0 aliphatic heterocycles. The summed E-state index contributed by atoms with van der Waals surface area (Å²) >= 11 is 3.86. The molecule has 2 N–H and O–H groups in total. The summed E-state index contributed by atoms with van der Waals surface area (Å²) in [5.74, 6) is 0. The van der Waals surface area contributed by atoms with Gasteiger partial charge in [0.15, 0.2) is 0 Å². The SMILES string of the molecule is [B]OP(O)(O)=S. The summed E-state index contributed by atoms with van der Waals surface area (Å²) in [5.41, 5.74) is 0. The normalized spacial score (nSPS) is 11.7. The Balaban J connectivity index is 3.48. The van der Waals surface area contributed by atoms with Gasteiger partial charge in [-0.2, -0.15) is 0 Å². The van der Waals surface area contributed by atoms with Gasteiger partial charge in [-0.1, -0.05) is 0 Å². The van der Waals surface area contributed by atoms with Crippen molar-refractivity contribution < 1.29 is 14.2 Å². The third-order valence-corrected chi connectivity index (χ3v) is 0.670. The van der Waals surface area contributed by atoms with Gasteiger partial charge in [-0.25, -0.2) is 0 Å². The quantitative estimate of drug-likeness (QED) is 0.358. The van der Waals surface area contributed by atoms with Crippen LogP contribution in [0.3, 0.4) is 0 Å². The third-order valence-electron chi connectivity index (χ3n) is 0.137. The van der Waals surface area contributed by atoms with Crippen molar-refractivity contribution in [2.45, 2.75) is 0 Å². The van der Waals surface area contributed by atoms with Gasteiger partial charge in [0.2, 0.25) is 0 Å². The van der Waals surface area contributed by atoms with Crippen LogP contribution in [0.15, 0.2) is 0 Å². The van der Waals surface area contributed by atoms with Gasteiger partial charge in [-0.05, 0) is 11.8 Å². The van der Waals surface area contributed by atoms with Gasteiger partial charge in [-0.3, -0.25) is 0 Å². The second-order valence-electron chi connectivity index (χ2n) is 0.596. The molecular formula is H2BO3PS. The van der Waals surface area contributed by atoms with Crippen LogP contribution in [0.4, 0.5) is 0 Å². The van der Waals surface area contributed by atoms with Crippen molar-refractivity contribution in [1.82, 2.24) is 0 Å². The first-order valence-corrected chi connectivity index (χ1v) is 3.63. The Morgan fingerprint density at radius 1 is 1.67 bits per heavy atom. The van der Waals surface area contributed by atoms with Crippen LogP contribution in [0, 0.1) is 0 Å². The van der Waals surface area contributed by atoms with E-state index in [-0.39, 0.29) is 0 Å². The maximum Gasteiger partial charge on any atom is 0.306 e. The lowest BCUT2D eigenvalue weighted by molar-refractivity contribution is 0.384. The second kappa shape index (κ2) is 2.05. The molecule has 0 aromatic heterocycles. The van der Waals surface area contributed by atoms with Crippen LogP contribution < -0.4 is 0 Å². The number of hydrogen-bond donors (Lipinski definition) is 2. The number of rotatable bonds is 1. The first-order chi connectivity index (χ1) is 2.56. The molecule has 0 unspecified atom stereocenters. The summed E-state index contributed by atoms with van der Waals surface area (Å²) < 4.78 is 3.47. The highest BCUT2D eigenvalue weighted by Crippen LogP contribution is 2.33. The van der Waals surface area contributed by atoms with E-state index in [4.69, 9.17) is 9.79 Å². The monoisotopic (exact) mass is 124 g/mol. The van der Waals surface area contributed by atoms with E-state index < -0.39 is 6.72 Å². The Morgan fingerprint density at radius 2 is 1.83 bits per heavy atom. The zero-order chi connectivity index (χ0) is 5.21. The van der Waals surface area contributed by atoms with Gasteiger partial charge in [0.25, 0.3) is 8.05 Å². The van der Waals surface area contributed by atoms with Gasteiger partial charge >= 0.3 is 6.72 Å². The molecule has 0 saturated heterocycles. The second-order valence-corrected chi connectivity index (χ2v) is 3.21. The van der Waals surface area contributed by atoms with Crippen molar-refractivity contribution in [1.29, 1.82) is 0 Å². The van der Waals surface area contributed by atoms with Crippen LogP contribution in [0.25, 0.3) is 0 Å². The Morgan fingerprint density at radius 3 is 1.83 bits per heavy atom. The zero-order valence-electron chi connectivity index (χ0n) is 2.74. The smallest absolute Gasteiger partial charge is 0.306 e. The van der Waals surface area contributed by atoms with E-state index in [0.29, 0.717) is 0 Å². The fourth-order valence-electron chi connectivity index (χ4n) is 0. The molecule has 3 nitrogen and oxygen atoms in total. The van der Waals surface area contributed by atoms with Crippen LogP contribution in [0.1, 0.15) is 0 Å². The van der Waals surface area contributed by atoms with Gasteiger partial charge in [0.1, 0.15) is 0 Å². The highest BCUT2D eigenvalue weighted by molar-refractivity contribution is 8.06. The fourth-order valence-corrected chi connectivity index (χ4v) is 0. The molecule has 0 amide bonds. The standard InChI is InChI=1S/BH2O3PS/c1-4-5(2,3)6/h(H2,2,3,6). The van der Waals surface area contributed by atoms with Crippen LogP contribution in [-0.2, 0) is 16.2 Å². The molecule has 0 bridgehead atoms. The number of hydrogen-bond acceptors (Lipinski definition) is 2. The van der Waals surface area contributed by atoms with Crippen molar-refractivity contribution in [2.75, 3.05) is 0 Å². The Labute approximate surface area is 41.6 Å². The predicted molar refractivity (Wildman–Crippen MR) is 25.6 cm³/mol. The molecule has 0 fully saturated rings. The minimum atomic E-state index is -3.54. The molecule has 0 saturated carbocycles. The summed E-state index contributed by atoms with van der Waals surface area (Å²) in [6.45, 7) is -3.54. The van der Waals surface area contributed by atoms with E-state index in [1.54, 1.807) is 0 Å². The molecule has 0 atom stereocenters. The minimum absolute atomic E-state index is 3.47. The van der Waals surface area contributed by atoms with Gasteiger partial charge < -0.3 is 14.2 Å².